The number of carboxylic acids is 2. The van der Waals surface area contributed by atoms with Gasteiger partial charge in [0, 0.05) is 19.0 Å². The number of imidazole rings is 1. The number of carbonyl (C=O) groups is 5. The van der Waals surface area contributed by atoms with Crippen molar-refractivity contribution >= 4 is 29.7 Å². The number of H-pyrrole nitrogens is 1. The van der Waals surface area contributed by atoms with E-state index in [1.165, 1.54) is 36.8 Å². The van der Waals surface area contributed by atoms with Crippen LogP contribution in [-0.2, 0) is 36.8 Å². The monoisotopic (exact) mass is 561 g/mol. The first kappa shape index (κ1) is 31.7. The lowest BCUT2D eigenvalue weighted by Gasteiger charge is -2.25. The van der Waals surface area contributed by atoms with Crippen molar-refractivity contribution in [2.24, 2.45) is 11.5 Å². The van der Waals surface area contributed by atoms with Crippen molar-refractivity contribution in [3.05, 3.63) is 48.0 Å². The number of hydrogen-bond acceptors (Lipinski definition) is 9. The number of nitrogens with one attached hydrogen (secondary N) is 4. The quantitative estimate of drug-likeness (QED) is 0.0990. The first-order valence-corrected chi connectivity index (χ1v) is 12.6. The Labute approximate surface area is 229 Å². The smallest absolute Gasteiger partial charge is 0.326 e. The van der Waals surface area contributed by atoms with Crippen LogP contribution in [0.1, 0.15) is 36.9 Å². The van der Waals surface area contributed by atoms with Crippen LogP contribution in [0.3, 0.4) is 0 Å². The number of carbonyl (C=O) groups excluding carboxylic acids is 3. The third-order valence-corrected chi connectivity index (χ3v) is 5.90. The SMILES string of the molecule is NCCCC[C@H](NC(=O)[C@H](Cc1ccc(O)cc1)NC(=O)[C@@H](N)CC(=O)O)C(=O)N[C@@H](Cc1c[nH]cn1)C(=O)O. The second kappa shape index (κ2) is 15.8. The van der Waals surface area contributed by atoms with Crippen molar-refractivity contribution in [3.8, 4) is 5.75 Å². The van der Waals surface area contributed by atoms with E-state index in [9.17, 15) is 34.2 Å². The molecule has 1 aromatic carbocycles. The normalized spacial score (nSPS) is 13.8. The number of aliphatic carboxylic acids is 2. The summed E-state index contributed by atoms with van der Waals surface area (Å²) in [6.07, 6.45) is 3.11. The predicted molar refractivity (Wildman–Crippen MR) is 141 cm³/mol. The molecule has 4 atom stereocenters. The fourth-order valence-corrected chi connectivity index (χ4v) is 3.75. The molecule has 15 nitrogen and oxygen atoms in total. The van der Waals surface area contributed by atoms with E-state index < -0.39 is 60.2 Å². The van der Waals surface area contributed by atoms with E-state index in [2.05, 4.69) is 25.9 Å². The number of unbranched alkanes of at least 4 members (excludes halogenated alkanes) is 1. The van der Waals surface area contributed by atoms with Crippen molar-refractivity contribution in [3.63, 3.8) is 0 Å². The van der Waals surface area contributed by atoms with Gasteiger partial charge in [0.25, 0.3) is 0 Å². The Balaban J connectivity index is 2.23. The van der Waals surface area contributed by atoms with Gasteiger partial charge in [0.15, 0.2) is 0 Å². The van der Waals surface area contributed by atoms with Crippen LogP contribution in [0.15, 0.2) is 36.8 Å². The summed E-state index contributed by atoms with van der Waals surface area (Å²) in [5.41, 5.74) is 12.2. The van der Waals surface area contributed by atoms with Gasteiger partial charge >= 0.3 is 11.9 Å². The van der Waals surface area contributed by atoms with Gasteiger partial charge in [-0.15, -0.1) is 0 Å². The van der Waals surface area contributed by atoms with Crippen LogP contribution in [0.5, 0.6) is 5.75 Å². The Bertz CT molecular complexity index is 1140. The molecule has 1 aromatic heterocycles. The molecule has 0 aliphatic carbocycles. The Kier molecular flexibility index (Phi) is 12.5. The van der Waals surface area contributed by atoms with Crippen LogP contribution in [0.2, 0.25) is 0 Å². The van der Waals surface area contributed by atoms with Gasteiger partial charge in [-0.05, 0) is 43.5 Å². The van der Waals surface area contributed by atoms with Crippen LogP contribution < -0.4 is 27.4 Å². The summed E-state index contributed by atoms with van der Waals surface area (Å²) in [6, 6.07) is 0.607. The first-order chi connectivity index (χ1) is 19.0. The Morgan fingerprint density at radius 2 is 1.50 bits per heavy atom. The highest BCUT2D eigenvalue weighted by Gasteiger charge is 2.31. The highest BCUT2D eigenvalue weighted by molar-refractivity contribution is 5.94. The summed E-state index contributed by atoms with van der Waals surface area (Å²) < 4.78 is 0. The summed E-state index contributed by atoms with van der Waals surface area (Å²) in [5, 5.41) is 35.5. The Morgan fingerprint density at radius 3 is 2.08 bits per heavy atom. The van der Waals surface area contributed by atoms with Crippen molar-refractivity contribution in [2.45, 2.75) is 62.7 Å². The lowest BCUT2D eigenvalue weighted by Crippen LogP contribution is -2.58. The van der Waals surface area contributed by atoms with Gasteiger partial charge in [0.2, 0.25) is 17.7 Å². The van der Waals surface area contributed by atoms with Gasteiger partial charge < -0.3 is 47.7 Å². The highest BCUT2D eigenvalue weighted by atomic mass is 16.4. The maximum atomic E-state index is 13.4. The summed E-state index contributed by atoms with van der Waals surface area (Å²) in [5.74, 6) is -5.05. The molecular weight excluding hydrogens is 526 g/mol. The van der Waals surface area contributed by atoms with Gasteiger partial charge in [-0.1, -0.05) is 12.1 Å². The molecule has 0 radical (unpaired) electrons. The number of nitrogens with zero attached hydrogens (tertiary/aromatic N) is 1. The number of phenols is 1. The predicted octanol–water partition coefficient (Wildman–Crippen LogP) is -1.63. The zero-order valence-corrected chi connectivity index (χ0v) is 21.7. The number of phenolic OH excluding ortho intramolecular Hbond substituents is 1. The van der Waals surface area contributed by atoms with Crippen molar-refractivity contribution in [2.75, 3.05) is 6.54 Å². The maximum Gasteiger partial charge on any atom is 0.326 e. The van der Waals surface area contributed by atoms with E-state index in [0.29, 0.717) is 30.6 Å². The molecule has 0 saturated heterocycles. The minimum Gasteiger partial charge on any atom is -0.508 e. The number of aromatic hydroxyl groups is 1. The molecule has 11 N–H and O–H groups in total. The number of aromatic amines is 1. The molecule has 0 saturated carbocycles. The summed E-state index contributed by atoms with van der Waals surface area (Å²) >= 11 is 0. The Morgan fingerprint density at radius 1 is 0.875 bits per heavy atom. The average molecular weight is 562 g/mol. The molecule has 2 rings (SSSR count). The standard InChI is InChI=1S/C25H35N7O8/c26-8-2-1-3-18(23(37)32-20(25(39)40)10-15-12-28-13-29-15)30-24(38)19(9-14-4-6-16(33)7-5-14)31-22(36)17(27)11-21(34)35/h4-7,12-13,17-20,33H,1-3,8-11,26-27H2,(H,28,29)(H,30,38)(H,31,36)(H,32,37)(H,34,35)(H,39,40)/t17-,18-,19-,20-/m0/s1. The highest BCUT2D eigenvalue weighted by Crippen LogP contribution is 2.12. The first-order valence-electron chi connectivity index (χ1n) is 12.6. The van der Waals surface area contributed by atoms with Crippen LogP contribution >= 0.6 is 0 Å². The molecule has 0 fully saturated rings. The third kappa shape index (κ3) is 10.7. The number of nitrogens with two attached hydrogens (primary N) is 2. The Hall–Kier alpha value is -4.50. The second-order valence-electron chi connectivity index (χ2n) is 9.15. The molecule has 40 heavy (non-hydrogen) atoms. The molecule has 0 aliphatic rings. The van der Waals surface area contributed by atoms with Gasteiger partial charge in [-0.2, -0.15) is 0 Å². The van der Waals surface area contributed by atoms with Crippen LogP contribution in [0.4, 0.5) is 0 Å². The summed E-state index contributed by atoms with van der Waals surface area (Å²) in [6.45, 7) is 0.334. The van der Waals surface area contributed by atoms with Crippen molar-refractivity contribution in [1.82, 2.24) is 25.9 Å². The molecule has 0 aliphatic heterocycles. The molecule has 3 amide bonds. The number of amides is 3. The van der Waals surface area contributed by atoms with Gasteiger partial charge in [-0.25, -0.2) is 9.78 Å². The number of carboxylic acid groups (broad SMARTS) is 2. The second-order valence-corrected chi connectivity index (χ2v) is 9.15. The minimum atomic E-state index is -1.44. The van der Waals surface area contributed by atoms with E-state index in [4.69, 9.17) is 16.6 Å². The van der Waals surface area contributed by atoms with E-state index in [-0.39, 0.29) is 25.0 Å². The zero-order valence-electron chi connectivity index (χ0n) is 21.7. The number of benzene rings is 1. The molecular formula is C25H35N7O8. The number of rotatable bonds is 17. The van der Waals surface area contributed by atoms with E-state index in [0.717, 1.165) is 0 Å². The molecule has 218 valence electrons. The molecule has 1 heterocycles. The molecule has 0 unspecified atom stereocenters. The van der Waals surface area contributed by atoms with Crippen LogP contribution in [0.25, 0.3) is 0 Å². The largest absolute Gasteiger partial charge is 0.508 e. The van der Waals surface area contributed by atoms with Crippen molar-refractivity contribution < 1.29 is 39.3 Å². The van der Waals surface area contributed by atoms with E-state index >= 15 is 0 Å². The topological polar surface area (TPSA) is 263 Å². The fraction of sp³-hybridized carbons (Fsp3) is 0.440. The lowest BCUT2D eigenvalue weighted by atomic mass is 10.0. The van der Waals surface area contributed by atoms with E-state index in [1.807, 2.05) is 0 Å². The van der Waals surface area contributed by atoms with Gasteiger partial charge in [-0.3, -0.25) is 19.2 Å². The van der Waals surface area contributed by atoms with Gasteiger partial charge in [0.1, 0.15) is 23.9 Å². The molecule has 15 heteroatoms. The molecule has 2 aromatic rings. The van der Waals surface area contributed by atoms with Crippen LogP contribution in [-0.4, -0.2) is 85.7 Å². The van der Waals surface area contributed by atoms with Crippen LogP contribution in [0, 0.1) is 0 Å². The fourth-order valence-electron chi connectivity index (χ4n) is 3.75. The molecule has 0 spiro atoms. The zero-order chi connectivity index (χ0) is 29.7. The number of hydrogen-bond donors (Lipinski definition) is 9. The minimum absolute atomic E-state index is 0.0169. The third-order valence-electron chi connectivity index (χ3n) is 5.90. The molecule has 0 bridgehead atoms. The summed E-state index contributed by atoms with van der Waals surface area (Å²) in [4.78, 5) is 68.5. The average Bonchev–Trinajstić information content (AvgIpc) is 3.41. The van der Waals surface area contributed by atoms with Gasteiger partial charge in [0.05, 0.1) is 24.5 Å². The summed E-state index contributed by atoms with van der Waals surface area (Å²) in [7, 11) is 0. The van der Waals surface area contributed by atoms with Crippen molar-refractivity contribution in [1.29, 1.82) is 0 Å². The lowest BCUT2D eigenvalue weighted by molar-refractivity contribution is -0.142. The number of aromatic nitrogens is 2. The van der Waals surface area contributed by atoms with E-state index in [1.54, 1.807) is 0 Å². The maximum absolute atomic E-state index is 13.4.